The third kappa shape index (κ3) is 6.05. The minimum Gasteiger partial charge on any atom is -0.465 e. The Balaban J connectivity index is 2.78. The largest absolute Gasteiger partial charge is 0.465 e. The summed E-state index contributed by atoms with van der Waals surface area (Å²) < 4.78 is 38.4. The van der Waals surface area contributed by atoms with E-state index in [1.807, 2.05) is 0 Å². The van der Waals surface area contributed by atoms with Gasteiger partial charge in [0.05, 0.1) is 13.2 Å². The Hall–Kier alpha value is -1.73. The molecule has 0 radical (unpaired) electrons. The SMILES string of the molecule is CCOC(=O)C(NCCOC)c1ccc(OC(F)F)cc1. The molecular weight excluding hydrogens is 284 g/mol. The molecule has 21 heavy (non-hydrogen) atoms. The highest BCUT2D eigenvalue weighted by atomic mass is 19.3. The number of alkyl halides is 2. The molecule has 0 aromatic heterocycles. The molecule has 0 aliphatic carbocycles. The van der Waals surface area contributed by atoms with Gasteiger partial charge in [0.2, 0.25) is 0 Å². The van der Waals surface area contributed by atoms with E-state index >= 15 is 0 Å². The number of carbonyl (C=O) groups is 1. The summed E-state index contributed by atoms with van der Waals surface area (Å²) >= 11 is 0. The number of hydrogen-bond acceptors (Lipinski definition) is 5. The fourth-order valence-corrected chi connectivity index (χ4v) is 1.71. The fraction of sp³-hybridized carbons (Fsp3) is 0.500. The molecule has 0 aliphatic rings. The van der Waals surface area contributed by atoms with Gasteiger partial charge < -0.3 is 14.2 Å². The van der Waals surface area contributed by atoms with E-state index in [9.17, 15) is 13.6 Å². The number of halogens is 2. The van der Waals surface area contributed by atoms with Crippen LogP contribution in [0.5, 0.6) is 5.75 Å². The molecule has 1 aromatic carbocycles. The van der Waals surface area contributed by atoms with Crippen molar-refractivity contribution >= 4 is 5.97 Å². The summed E-state index contributed by atoms with van der Waals surface area (Å²) in [7, 11) is 1.55. The monoisotopic (exact) mass is 303 g/mol. The summed E-state index contributed by atoms with van der Waals surface area (Å²) in [5.41, 5.74) is 0.603. The van der Waals surface area contributed by atoms with Crippen LogP contribution in [0.1, 0.15) is 18.5 Å². The summed E-state index contributed by atoms with van der Waals surface area (Å²) in [5.74, 6) is -0.399. The molecule has 0 saturated carbocycles. The lowest BCUT2D eigenvalue weighted by Crippen LogP contribution is -2.32. The Morgan fingerprint density at radius 3 is 2.48 bits per heavy atom. The molecule has 7 heteroatoms. The van der Waals surface area contributed by atoms with Gasteiger partial charge in [0.15, 0.2) is 0 Å². The zero-order valence-corrected chi connectivity index (χ0v) is 12.0. The molecule has 0 heterocycles. The number of ether oxygens (including phenoxy) is 3. The second-order valence-electron chi connectivity index (χ2n) is 4.08. The molecule has 0 amide bonds. The second kappa shape index (κ2) is 9.25. The normalized spacial score (nSPS) is 12.2. The number of nitrogens with one attached hydrogen (secondary N) is 1. The number of esters is 1. The van der Waals surface area contributed by atoms with Crippen molar-refractivity contribution in [3.63, 3.8) is 0 Å². The summed E-state index contributed by atoms with van der Waals surface area (Å²) in [6, 6.07) is 5.16. The topological polar surface area (TPSA) is 56.8 Å². The molecule has 118 valence electrons. The predicted octanol–water partition coefficient (Wildman–Crippen LogP) is 2.13. The third-order valence-electron chi connectivity index (χ3n) is 2.62. The van der Waals surface area contributed by atoms with Crippen molar-refractivity contribution in [1.82, 2.24) is 5.32 Å². The number of rotatable bonds is 9. The zero-order chi connectivity index (χ0) is 15.7. The molecule has 0 fully saturated rings. The van der Waals surface area contributed by atoms with E-state index in [0.29, 0.717) is 18.7 Å². The highest BCUT2D eigenvalue weighted by molar-refractivity contribution is 5.77. The van der Waals surface area contributed by atoms with Crippen molar-refractivity contribution in [3.05, 3.63) is 29.8 Å². The van der Waals surface area contributed by atoms with E-state index in [-0.39, 0.29) is 12.4 Å². The third-order valence-corrected chi connectivity index (χ3v) is 2.62. The van der Waals surface area contributed by atoms with Gasteiger partial charge in [-0.2, -0.15) is 8.78 Å². The first-order valence-electron chi connectivity index (χ1n) is 6.52. The Morgan fingerprint density at radius 1 is 1.29 bits per heavy atom. The number of benzene rings is 1. The van der Waals surface area contributed by atoms with Crippen LogP contribution >= 0.6 is 0 Å². The number of methoxy groups -OCH3 is 1. The molecule has 1 rings (SSSR count). The smallest absolute Gasteiger partial charge is 0.387 e. The molecule has 0 bridgehead atoms. The van der Waals surface area contributed by atoms with Gasteiger partial charge in [-0.3, -0.25) is 5.32 Å². The molecule has 1 unspecified atom stereocenters. The molecule has 1 N–H and O–H groups in total. The van der Waals surface area contributed by atoms with Gasteiger partial charge in [0, 0.05) is 13.7 Å². The Kier molecular flexibility index (Phi) is 7.63. The van der Waals surface area contributed by atoms with Gasteiger partial charge in [-0.25, -0.2) is 4.79 Å². The standard InChI is InChI=1S/C14H19F2NO4/c1-3-20-13(18)12(17-8-9-19-2)10-4-6-11(7-5-10)21-14(15)16/h4-7,12,14,17H,3,8-9H2,1-2H3. The average Bonchev–Trinajstić information content (AvgIpc) is 2.44. The van der Waals surface area contributed by atoms with Crippen molar-refractivity contribution in [2.24, 2.45) is 0 Å². The van der Waals surface area contributed by atoms with Gasteiger partial charge in [0.25, 0.3) is 0 Å². The van der Waals surface area contributed by atoms with Crippen LogP contribution in [0.15, 0.2) is 24.3 Å². The van der Waals surface area contributed by atoms with Crippen molar-refractivity contribution in [3.8, 4) is 5.75 Å². The Morgan fingerprint density at radius 2 is 1.95 bits per heavy atom. The van der Waals surface area contributed by atoms with E-state index in [4.69, 9.17) is 9.47 Å². The molecule has 1 atom stereocenters. The molecule has 5 nitrogen and oxygen atoms in total. The molecule has 0 saturated heterocycles. The first-order chi connectivity index (χ1) is 10.1. The van der Waals surface area contributed by atoms with Crippen LogP contribution in [0.2, 0.25) is 0 Å². The Bertz CT molecular complexity index is 425. The van der Waals surface area contributed by atoms with E-state index in [0.717, 1.165) is 0 Å². The Labute approximate surface area is 122 Å². The van der Waals surface area contributed by atoms with Gasteiger partial charge >= 0.3 is 12.6 Å². The van der Waals surface area contributed by atoms with Crippen molar-refractivity contribution in [2.75, 3.05) is 26.9 Å². The van der Waals surface area contributed by atoms with Crippen molar-refractivity contribution in [2.45, 2.75) is 19.6 Å². The van der Waals surface area contributed by atoms with E-state index in [1.165, 1.54) is 12.1 Å². The second-order valence-corrected chi connectivity index (χ2v) is 4.08. The minimum atomic E-state index is -2.88. The van der Waals surface area contributed by atoms with Crippen molar-refractivity contribution < 1.29 is 27.8 Å². The number of hydrogen-bond donors (Lipinski definition) is 1. The van der Waals surface area contributed by atoms with Crippen LogP contribution in [-0.2, 0) is 14.3 Å². The quantitative estimate of drug-likeness (QED) is 0.559. The maximum absolute atomic E-state index is 12.1. The zero-order valence-electron chi connectivity index (χ0n) is 12.0. The minimum absolute atomic E-state index is 0.0354. The van der Waals surface area contributed by atoms with Crippen LogP contribution in [0.3, 0.4) is 0 Å². The highest BCUT2D eigenvalue weighted by Gasteiger charge is 2.21. The van der Waals surface area contributed by atoms with Crippen LogP contribution in [0, 0.1) is 0 Å². The maximum atomic E-state index is 12.1. The highest BCUT2D eigenvalue weighted by Crippen LogP contribution is 2.20. The van der Waals surface area contributed by atoms with Crippen LogP contribution < -0.4 is 10.1 Å². The summed E-state index contributed by atoms with van der Waals surface area (Å²) in [6.07, 6.45) is 0. The molecule has 1 aromatic rings. The van der Waals surface area contributed by atoms with E-state index < -0.39 is 18.6 Å². The fourth-order valence-electron chi connectivity index (χ4n) is 1.71. The summed E-state index contributed by atoms with van der Waals surface area (Å²) in [4.78, 5) is 11.9. The maximum Gasteiger partial charge on any atom is 0.387 e. The van der Waals surface area contributed by atoms with Gasteiger partial charge in [-0.1, -0.05) is 12.1 Å². The first-order valence-corrected chi connectivity index (χ1v) is 6.52. The van der Waals surface area contributed by atoms with Crippen LogP contribution in [0.4, 0.5) is 8.78 Å². The van der Waals surface area contributed by atoms with E-state index in [1.54, 1.807) is 26.2 Å². The lowest BCUT2D eigenvalue weighted by Gasteiger charge is -2.18. The lowest BCUT2D eigenvalue weighted by atomic mass is 10.1. The summed E-state index contributed by atoms with van der Waals surface area (Å²) in [6.45, 7) is -0.0218. The van der Waals surface area contributed by atoms with Crippen LogP contribution in [-0.4, -0.2) is 39.4 Å². The predicted molar refractivity (Wildman–Crippen MR) is 72.3 cm³/mol. The average molecular weight is 303 g/mol. The van der Waals surface area contributed by atoms with Gasteiger partial charge in [0.1, 0.15) is 11.8 Å². The first kappa shape index (κ1) is 17.3. The molecule has 0 aliphatic heterocycles. The molecular formula is C14H19F2NO4. The summed E-state index contributed by atoms with van der Waals surface area (Å²) in [5, 5.41) is 2.99. The van der Waals surface area contributed by atoms with Crippen molar-refractivity contribution in [1.29, 1.82) is 0 Å². The lowest BCUT2D eigenvalue weighted by molar-refractivity contribution is -0.145. The number of carbonyl (C=O) groups excluding carboxylic acids is 1. The van der Waals surface area contributed by atoms with E-state index in [2.05, 4.69) is 10.1 Å². The van der Waals surface area contributed by atoms with Gasteiger partial charge in [-0.15, -0.1) is 0 Å². The molecule has 0 spiro atoms. The van der Waals surface area contributed by atoms with Gasteiger partial charge in [-0.05, 0) is 24.6 Å². The van der Waals surface area contributed by atoms with Crippen LogP contribution in [0.25, 0.3) is 0 Å².